The molecule has 0 aliphatic heterocycles. The van der Waals surface area contributed by atoms with Gasteiger partial charge in [0.15, 0.2) is 0 Å². The zero-order chi connectivity index (χ0) is 9.19. The molecule has 0 saturated carbocycles. The molecule has 66 valence electrons. The third kappa shape index (κ3) is 1.76. The summed E-state index contributed by atoms with van der Waals surface area (Å²) in [5, 5.41) is 8.37. The fourth-order valence-electron chi connectivity index (χ4n) is 0.864. The van der Waals surface area contributed by atoms with E-state index in [-0.39, 0.29) is 5.56 Å². The lowest BCUT2D eigenvalue weighted by atomic mass is 10.1. The van der Waals surface area contributed by atoms with Gasteiger partial charge in [0.25, 0.3) is 5.92 Å². The van der Waals surface area contributed by atoms with Crippen LogP contribution in [0.2, 0.25) is 0 Å². The topological polar surface area (TPSA) is 33.1 Å². The van der Waals surface area contributed by atoms with Crippen molar-refractivity contribution in [1.82, 2.24) is 4.98 Å². The first kappa shape index (κ1) is 9.06. The number of rotatable bonds is 2. The van der Waals surface area contributed by atoms with Crippen LogP contribution in [0.15, 0.2) is 18.3 Å². The Morgan fingerprint density at radius 3 is 2.75 bits per heavy atom. The van der Waals surface area contributed by atoms with Gasteiger partial charge in [-0.1, -0.05) is 0 Å². The number of halogens is 2. The maximum absolute atomic E-state index is 12.8. The summed E-state index contributed by atoms with van der Waals surface area (Å²) < 4.78 is 25.6. The Morgan fingerprint density at radius 2 is 2.25 bits per heavy atom. The minimum Gasteiger partial charge on any atom is -0.390 e. The summed E-state index contributed by atoms with van der Waals surface area (Å²) in [6.45, 7) is 0.452. The molecule has 2 nitrogen and oxygen atoms in total. The van der Waals surface area contributed by atoms with Crippen molar-refractivity contribution in [3.63, 3.8) is 0 Å². The number of hydrogen-bond acceptors (Lipinski definition) is 2. The van der Waals surface area contributed by atoms with Crippen molar-refractivity contribution in [1.29, 1.82) is 0 Å². The monoisotopic (exact) mass is 173 g/mol. The van der Waals surface area contributed by atoms with Gasteiger partial charge in [0, 0.05) is 17.5 Å². The fourth-order valence-corrected chi connectivity index (χ4v) is 0.864. The molecule has 1 aromatic heterocycles. The molecule has 1 aromatic rings. The number of aromatic nitrogens is 1. The number of aliphatic hydroxyl groups is 1. The Bertz CT molecular complexity index is 276. The summed E-state index contributed by atoms with van der Waals surface area (Å²) >= 11 is 0. The van der Waals surface area contributed by atoms with Gasteiger partial charge in [0.05, 0.1) is 0 Å². The van der Waals surface area contributed by atoms with E-state index in [0.29, 0.717) is 5.69 Å². The van der Waals surface area contributed by atoms with Crippen molar-refractivity contribution in [3.8, 4) is 0 Å². The first-order valence-electron chi connectivity index (χ1n) is 3.48. The van der Waals surface area contributed by atoms with E-state index >= 15 is 0 Å². The zero-order valence-corrected chi connectivity index (χ0v) is 6.59. The SMILES string of the molecule is Cc1cc(C(F)(F)CO)ccn1. The molecule has 0 fully saturated rings. The van der Waals surface area contributed by atoms with E-state index in [1.54, 1.807) is 6.92 Å². The number of alkyl halides is 2. The average molecular weight is 173 g/mol. The molecular weight excluding hydrogens is 164 g/mol. The highest BCUT2D eigenvalue weighted by atomic mass is 19.3. The summed E-state index contributed by atoms with van der Waals surface area (Å²) in [6, 6.07) is 2.46. The highest BCUT2D eigenvalue weighted by Crippen LogP contribution is 2.26. The smallest absolute Gasteiger partial charge is 0.295 e. The Morgan fingerprint density at radius 1 is 1.58 bits per heavy atom. The summed E-state index contributed by atoms with van der Waals surface area (Å²) in [7, 11) is 0. The number of aryl methyl sites for hydroxylation is 1. The van der Waals surface area contributed by atoms with Gasteiger partial charge in [-0.2, -0.15) is 8.78 Å². The molecular formula is C8H9F2NO. The Kier molecular flexibility index (Phi) is 2.38. The number of aliphatic hydroxyl groups excluding tert-OH is 1. The van der Waals surface area contributed by atoms with Gasteiger partial charge >= 0.3 is 0 Å². The van der Waals surface area contributed by atoms with Gasteiger partial charge in [-0.3, -0.25) is 4.98 Å². The van der Waals surface area contributed by atoms with Crippen molar-refractivity contribution in [3.05, 3.63) is 29.6 Å². The van der Waals surface area contributed by atoms with E-state index in [9.17, 15) is 8.78 Å². The molecule has 0 unspecified atom stereocenters. The van der Waals surface area contributed by atoms with Crippen LogP contribution in [0, 0.1) is 6.92 Å². The normalized spacial score (nSPS) is 11.7. The summed E-state index contributed by atoms with van der Waals surface area (Å²) in [5.74, 6) is -3.16. The van der Waals surface area contributed by atoms with Crippen LogP contribution in [0.5, 0.6) is 0 Å². The molecule has 0 radical (unpaired) electrons. The summed E-state index contributed by atoms with van der Waals surface area (Å²) in [5.41, 5.74) is 0.318. The molecule has 0 aliphatic rings. The van der Waals surface area contributed by atoms with Crippen LogP contribution in [0.1, 0.15) is 11.3 Å². The Hall–Kier alpha value is -1.03. The highest BCUT2D eigenvalue weighted by Gasteiger charge is 2.30. The van der Waals surface area contributed by atoms with Gasteiger partial charge in [0.2, 0.25) is 0 Å². The van der Waals surface area contributed by atoms with E-state index < -0.39 is 12.5 Å². The van der Waals surface area contributed by atoms with Crippen LogP contribution >= 0.6 is 0 Å². The molecule has 4 heteroatoms. The lowest BCUT2D eigenvalue weighted by Crippen LogP contribution is -2.18. The minimum atomic E-state index is -3.16. The Labute approximate surface area is 68.9 Å². The van der Waals surface area contributed by atoms with E-state index in [1.807, 2.05) is 0 Å². The number of pyridine rings is 1. The van der Waals surface area contributed by atoms with E-state index in [4.69, 9.17) is 5.11 Å². The van der Waals surface area contributed by atoms with Crippen LogP contribution < -0.4 is 0 Å². The third-order valence-corrected chi connectivity index (χ3v) is 1.52. The van der Waals surface area contributed by atoms with Gasteiger partial charge in [0.1, 0.15) is 6.61 Å². The molecule has 0 bridgehead atoms. The van der Waals surface area contributed by atoms with Crippen LogP contribution in [0.4, 0.5) is 8.78 Å². The molecule has 1 rings (SSSR count). The lowest BCUT2D eigenvalue weighted by molar-refractivity contribution is -0.0557. The molecule has 0 aromatic carbocycles. The van der Waals surface area contributed by atoms with Crippen molar-refractivity contribution < 1.29 is 13.9 Å². The van der Waals surface area contributed by atoms with Crippen molar-refractivity contribution in [2.24, 2.45) is 0 Å². The first-order valence-corrected chi connectivity index (χ1v) is 3.48. The summed E-state index contributed by atoms with van der Waals surface area (Å²) in [4.78, 5) is 3.77. The standard InChI is InChI=1S/C8H9F2NO/c1-6-4-7(2-3-11-6)8(9,10)5-12/h2-4,12H,5H2,1H3. The van der Waals surface area contributed by atoms with E-state index in [2.05, 4.69) is 4.98 Å². The van der Waals surface area contributed by atoms with Gasteiger partial charge in [-0.25, -0.2) is 0 Å². The second-order valence-electron chi connectivity index (χ2n) is 2.55. The van der Waals surface area contributed by atoms with Crippen LogP contribution in [-0.2, 0) is 5.92 Å². The second kappa shape index (κ2) is 3.15. The van der Waals surface area contributed by atoms with Crippen molar-refractivity contribution >= 4 is 0 Å². The highest BCUT2D eigenvalue weighted by molar-refractivity contribution is 5.20. The maximum Gasteiger partial charge on any atom is 0.295 e. The zero-order valence-electron chi connectivity index (χ0n) is 6.59. The molecule has 0 saturated heterocycles. The van der Waals surface area contributed by atoms with Crippen molar-refractivity contribution in [2.45, 2.75) is 12.8 Å². The molecule has 0 amide bonds. The maximum atomic E-state index is 12.8. The Balaban J connectivity index is 3.03. The summed E-state index contributed by atoms with van der Waals surface area (Å²) in [6.07, 6.45) is 1.30. The number of nitrogens with zero attached hydrogens (tertiary/aromatic N) is 1. The largest absolute Gasteiger partial charge is 0.390 e. The second-order valence-corrected chi connectivity index (χ2v) is 2.55. The van der Waals surface area contributed by atoms with Crippen LogP contribution in [0.25, 0.3) is 0 Å². The van der Waals surface area contributed by atoms with Gasteiger partial charge < -0.3 is 5.11 Å². The van der Waals surface area contributed by atoms with E-state index in [1.165, 1.54) is 18.3 Å². The quantitative estimate of drug-likeness (QED) is 0.734. The predicted molar refractivity (Wildman–Crippen MR) is 40.0 cm³/mol. The first-order chi connectivity index (χ1) is 5.56. The number of hydrogen-bond donors (Lipinski definition) is 1. The molecule has 12 heavy (non-hydrogen) atoms. The van der Waals surface area contributed by atoms with Crippen LogP contribution in [0.3, 0.4) is 0 Å². The average Bonchev–Trinajstić information content (AvgIpc) is 2.05. The van der Waals surface area contributed by atoms with E-state index in [0.717, 1.165) is 0 Å². The van der Waals surface area contributed by atoms with Crippen molar-refractivity contribution in [2.75, 3.05) is 6.61 Å². The van der Waals surface area contributed by atoms with Crippen LogP contribution in [-0.4, -0.2) is 16.7 Å². The molecule has 1 heterocycles. The molecule has 0 spiro atoms. The van der Waals surface area contributed by atoms with Gasteiger partial charge in [-0.05, 0) is 19.1 Å². The third-order valence-electron chi connectivity index (χ3n) is 1.52. The predicted octanol–water partition coefficient (Wildman–Crippen LogP) is 1.47. The minimum absolute atomic E-state index is 0.197. The molecule has 0 atom stereocenters. The fraction of sp³-hybridized carbons (Fsp3) is 0.375. The molecule has 1 N–H and O–H groups in total. The van der Waals surface area contributed by atoms with Gasteiger partial charge in [-0.15, -0.1) is 0 Å². The molecule has 0 aliphatic carbocycles. The lowest BCUT2D eigenvalue weighted by Gasteiger charge is -2.12.